The summed E-state index contributed by atoms with van der Waals surface area (Å²) in [6.45, 7) is 1.92. The Morgan fingerprint density at radius 1 is 1.30 bits per heavy atom. The fraction of sp³-hybridized carbons (Fsp3) is 0.143. The van der Waals surface area contributed by atoms with Crippen molar-refractivity contribution in [3.8, 4) is 0 Å². The second-order valence-electron chi connectivity index (χ2n) is 4.07. The highest BCUT2D eigenvalue weighted by atomic mass is 79.9. The largest absolute Gasteiger partial charge is 0.478 e. The van der Waals surface area contributed by atoms with Crippen LogP contribution in [0.1, 0.15) is 33.6 Å². The summed E-state index contributed by atoms with van der Waals surface area (Å²) in [6.07, 6.45) is 0.703. The Hall–Kier alpha value is -2.08. The first kappa shape index (κ1) is 14.3. The van der Waals surface area contributed by atoms with Crippen molar-refractivity contribution in [2.75, 3.05) is 5.32 Å². The topological polar surface area (TPSA) is 79.5 Å². The number of amides is 1. The van der Waals surface area contributed by atoms with Gasteiger partial charge in [-0.3, -0.25) is 4.79 Å². The molecule has 0 aliphatic rings. The SMILES string of the molecule is CCc1ccc(C(=O)Nc2ccc(Br)c(C(=O)O)c2)o1. The molecule has 0 atom stereocenters. The number of benzene rings is 1. The molecule has 0 unspecified atom stereocenters. The van der Waals surface area contributed by atoms with Gasteiger partial charge in [-0.1, -0.05) is 6.92 Å². The molecule has 6 heteroatoms. The fourth-order valence-corrected chi connectivity index (χ4v) is 2.07. The summed E-state index contributed by atoms with van der Waals surface area (Å²) in [5.41, 5.74) is 0.474. The van der Waals surface area contributed by atoms with Crippen LogP contribution in [0.5, 0.6) is 0 Å². The molecule has 1 aromatic carbocycles. The number of carbonyl (C=O) groups is 2. The summed E-state index contributed by atoms with van der Waals surface area (Å²) in [4.78, 5) is 23.0. The normalized spacial score (nSPS) is 10.3. The maximum atomic E-state index is 11.9. The summed E-state index contributed by atoms with van der Waals surface area (Å²) in [7, 11) is 0. The van der Waals surface area contributed by atoms with Crippen LogP contribution in [0.3, 0.4) is 0 Å². The Labute approximate surface area is 123 Å². The van der Waals surface area contributed by atoms with Crippen LogP contribution in [0.4, 0.5) is 5.69 Å². The molecule has 0 aliphatic carbocycles. The molecule has 104 valence electrons. The first-order chi connectivity index (χ1) is 9.51. The molecule has 2 rings (SSSR count). The van der Waals surface area contributed by atoms with Crippen LogP contribution in [-0.2, 0) is 6.42 Å². The number of carbonyl (C=O) groups excluding carboxylic acids is 1. The van der Waals surface area contributed by atoms with E-state index in [1.165, 1.54) is 6.07 Å². The summed E-state index contributed by atoms with van der Waals surface area (Å²) >= 11 is 3.14. The molecule has 1 aromatic heterocycles. The average molecular weight is 338 g/mol. The maximum Gasteiger partial charge on any atom is 0.336 e. The number of nitrogens with one attached hydrogen (secondary N) is 1. The Bertz CT molecular complexity index is 663. The van der Waals surface area contributed by atoms with Gasteiger partial charge in [0.05, 0.1) is 5.56 Å². The predicted octanol–water partition coefficient (Wildman–Crippen LogP) is 3.56. The van der Waals surface area contributed by atoms with Crippen LogP contribution in [0.25, 0.3) is 0 Å². The molecule has 20 heavy (non-hydrogen) atoms. The van der Waals surface area contributed by atoms with Crippen LogP contribution < -0.4 is 5.32 Å². The molecule has 5 nitrogen and oxygen atoms in total. The van der Waals surface area contributed by atoms with Crippen molar-refractivity contribution in [1.29, 1.82) is 0 Å². The van der Waals surface area contributed by atoms with Gasteiger partial charge in [-0.05, 0) is 46.3 Å². The van der Waals surface area contributed by atoms with E-state index in [1.807, 2.05) is 6.92 Å². The van der Waals surface area contributed by atoms with Gasteiger partial charge in [0.2, 0.25) is 0 Å². The van der Waals surface area contributed by atoms with Gasteiger partial charge >= 0.3 is 5.97 Å². The average Bonchev–Trinajstić information content (AvgIpc) is 2.89. The summed E-state index contributed by atoms with van der Waals surface area (Å²) in [6, 6.07) is 7.88. The lowest BCUT2D eigenvalue weighted by atomic mass is 10.2. The molecule has 0 radical (unpaired) electrons. The summed E-state index contributed by atoms with van der Waals surface area (Å²) in [5.74, 6) is -0.568. The number of halogens is 1. The number of aryl methyl sites for hydroxylation is 1. The molecule has 0 aliphatic heterocycles. The van der Waals surface area contributed by atoms with Crippen molar-refractivity contribution in [1.82, 2.24) is 0 Å². The number of aromatic carboxylic acids is 1. The van der Waals surface area contributed by atoms with Crippen molar-refractivity contribution < 1.29 is 19.1 Å². The highest BCUT2D eigenvalue weighted by Crippen LogP contribution is 2.22. The van der Waals surface area contributed by atoms with E-state index in [4.69, 9.17) is 9.52 Å². The Morgan fingerprint density at radius 2 is 2.05 bits per heavy atom. The molecular formula is C14H12BrNO4. The van der Waals surface area contributed by atoms with Crippen molar-refractivity contribution >= 4 is 33.5 Å². The minimum atomic E-state index is -1.07. The first-order valence-electron chi connectivity index (χ1n) is 5.94. The van der Waals surface area contributed by atoms with Gasteiger partial charge in [0, 0.05) is 16.6 Å². The van der Waals surface area contributed by atoms with E-state index in [1.54, 1.807) is 24.3 Å². The van der Waals surface area contributed by atoms with Gasteiger partial charge < -0.3 is 14.8 Å². The molecule has 0 saturated heterocycles. The first-order valence-corrected chi connectivity index (χ1v) is 6.73. The van der Waals surface area contributed by atoms with Crippen LogP contribution in [0.2, 0.25) is 0 Å². The minimum absolute atomic E-state index is 0.0801. The van der Waals surface area contributed by atoms with E-state index >= 15 is 0 Å². The number of carboxylic acid groups (broad SMARTS) is 1. The number of anilines is 1. The number of furan rings is 1. The number of rotatable bonds is 4. The third-order valence-corrected chi connectivity index (χ3v) is 3.38. The van der Waals surface area contributed by atoms with E-state index in [2.05, 4.69) is 21.2 Å². The van der Waals surface area contributed by atoms with Gasteiger partial charge in [-0.25, -0.2) is 4.79 Å². The van der Waals surface area contributed by atoms with E-state index in [-0.39, 0.29) is 11.3 Å². The van der Waals surface area contributed by atoms with Crippen LogP contribution >= 0.6 is 15.9 Å². The van der Waals surface area contributed by atoms with Gasteiger partial charge in [0.1, 0.15) is 5.76 Å². The van der Waals surface area contributed by atoms with E-state index in [9.17, 15) is 9.59 Å². The zero-order valence-corrected chi connectivity index (χ0v) is 12.2. The van der Waals surface area contributed by atoms with Crippen molar-refractivity contribution in [2.24, 2.45) is 0 Å². The molecule has 0 bridgehead atoms. The quantitative estimate of drug-likeness (QED) is 0.893. The zero-order chi connectivity index (χ0) is 14.7. The van der Waals surface area contributed by atoms with Crippen molar-refractivity contribution in [3.63, 3.8) is 0 Å². The van der Waals surface area contributed by atoms with E-state index in [0.717, 1.165) is 5.76 Å². The van der Waals surface area contributed by atoms with Crippen LogP contribution in [0.15, 0.2) is 39.2 Å². The minimum Gasteiger partial charge on any atom is -0.478 e. The van der Waals surface area contributed by atoms with Crippen LogP contribution in [0, 0.1) is 0 Å². The second-order valence-corrected chi connectivity index (χ2v) is 4.93. The Kier molecular flexibility index (Phi) is 4.24. The number of hydrogen-bond acceptors (Lipinski definition) is 3. The zero-order valence-electron chi connectivity index (χ0n) is 10.6. The Morgan fingerprint density at radius 3 is 2.65 bits per heavy atom. The van der Waals surface area contributed by atoms with Gasteiger partial charge in [-0.15, -0.1) is 0 Å². The molecule has 0 saturated carbocycles. The van der Waals surface area contributed by atoms with Crippen LogP contribution in [-0.4, -0.2) is 17.0 Å². The third-order valence-electron chi connectivity index (χ3n) is 2.69. The maximum absolute atomic E-state index is 11.9. The lowest BCUT2D eigenvalue weighted by Gasteiger charge is -2.05. The number of carboxylic acids is 1. The summed E-state index contributed by atoms with van der Waals surface area (Å²) in [5, 5.41) is 11.6. The summed E-state index contributed by atoms with van der Waals surface area (Å²) < 4.78 is 5.78. The predicted molar refractivity (Wildman–Crippen MR) is 77.1 cm³/mol. The smallest absolute Gasteiger partial charge is 0.336 e. The third kappa shape index (κ3) is 3.08. The molecular weight excluding hydrogens is 326 g/mol. The van der Waals surface area contributed by atoms with Gasteiger partial charge in [0.25, 0.3) is 5.91 Å². The Balaban J connectivity index is 2.19. The lowest BCUT2D eigenvalue weighted by molar-refractivity contribution is 0.0695. The van der Waals surface area contributed by atoms with E-state index in [0.29, 0.717) is 16.6 Å². The highest BCUT2D eigenvalue weighted by molar-refractivity contribution is 9.10. The molecule has 2 N–H and O–H groups in total. The standard InChI is InChI=1S/C14H12BrNO4/c1-2-9-4-6-12(20-9)13(17)16-8-3-5-11(15)10(7-8)14(18)19/h3-7H,2H2,1H3,(H,16,17)(H,18,19). The van der Waals surface area contributed by atoms with Gasteiger partial charge in [0.15, 0.2) is 5.76 Å². The molecule has 1 amide bonds. The monoisotopic (exact) mass is 337 g/mol. The fourth-order valence-electron chi connectivity index (χ4n) is 1.65. The molecule has 0 fully saturated rings. The molecule has 1 heterocycles. The molecule has 2 aromatic rings. The second kappa shape index (κ2) is 5.92. The van der Waals surface area contributed by atoms with Gasteiger partial charge in [-0.2, -0.15) is 0 Å². The number of hydrogen-bond donors (Lipinski definition) is 2. The van der Waals surface area contributed by atoms with E-state index < -0.39 is 11.9 Å². The lowest BCUT2D eigenvalue weighted by Crippen LogP contribution is -2.11. The highest BCUT2D eigenvalue weighted by Gasteiger charge is 2.13. The van der Waals surface area contributed by atoms with Crippen molar-refractivity contribution in [2.45, 2.75) is 13.3 Å². The van der Waals surface area contributed by atoms with Crippen molar-refractivity contribution in [3.05, 3.63) is 51.9 Å². The molecule has 0 spiro atoms.